The highest BCUT2D eigenvalue weighted by Gasteiger charge is 2.16. The number of para-hydroxylation sites is 2. The summed E-state index contributed by atoms with van der Waals surface area (Å²) in [6, 6.07) is 29.4. The Kier molecular flexibility index (Phi) is 8.14. The lowest BCUT2D eigenvalue weighted by Gasteiger charge is -2.34. The molecule has 0 unspecified atom stereocenters. The maximum Gasteiger partial charge on any atom is 0.130 e. The van der Waals surface area contributed by atoms with Gasteiger partial charge in [-0.3, -0.25) is 0 Å². The smallest absolute Gasteiger partial charge is 0.130 e. The largest absolute Gasteiger partial charge is 0.457 e. The lowest BCUT2D eigenvalue weighted by molar-refractivity contribution is 0.130. The molecular formula is C28H34N2O. The zero-order valence-electron chi connectivity index (χ0n) is 18.5. The normalized spacial score (nSPS) is 15.1. The maximum absolute atomic E-state index is 6.12. The van der Waals surface area contributed by atoms with Crippen molar-refractivity contribution < 1.29 is 4.74 Å². The molecule has 0 aliphatic carbocycles. The number of hydrogen-bond acceptors (Lipinski definition) is 3. The van der Waals surface area contributed by atoms with Crippen molar-refractivity contribution in [3.8, 4) is 11.5 Å². The molecule has 0 N–H and O–H groups in total. The van der Waals surface area contributed by atoms with E-state index >= 15 is 0 Å². The fourth-order valence-corrected chi connectivity index (χ4v) is 4.31. The summed E-state index contributed by atoms with van der Waals surface area (Å²) in [5, 5.41) is 0. The van der Waals surface area contributed by atoms with Gasteiger partial charge in [0.15, 0.2) is 0 Å². The molecule has 0 spiro atoms. The van der Waals surface area contributed by atoms with Crippen molar-refractivity contribution in [1.29, 1.82) is 0 Å². The van der Waals surface area contributed by atoms with E-state index in [9.17, 15) is 0 Å². The average molecular weight is 415 g/mol. The molecule has 3 aromatic rings. The molecule has 1 heterocycles. The molecule has 0 amide bonds. The summed E-state index contributed by atoms with van der Waals surface area (Å²) in [4.78, 5) is 5.25. The molecule has 0 aromatic heterocycles. The Morgan fingerprint density at radius 3 is 1.81 bits per heavy atom. The van der Waals surface area contributed by atoms with E-state index in [4.69, 9.17) is 4.74 Å². The fraction of sp³-hybridized carbons (Fsp3) is 0.357. The van der Waals surface area contributed by atoms with Gasteiger partial charge in [-0.1, -0.05) is 66.7 Å². The molecule has 4 rings (SSSR count). The molecule has 0 saturated carbocycles. The summed E-state index contributed by atoms with van der Waals surface area (Å²) >= 11 is 0. The molecule has 3 nitrogen and oxygen atoms in total. The molecule has 0 atom stereocenters. The van der Waals surface area contributed by atoms with Crippen LogP contribution in [0.15, 0.2) is 84.9 Å². The van der Waals surface area contributed by atoms with Crippen LogP contribution >= 0.6 is 0 Å². The van der Waals surface area contributed by atoms with E-state index in [2.05, 4.69) is 64.4 Å². The van der Waals surface area contributed by atoms with Gasteiger partial charge in [0, 0.05) is 26.2 Å². The van der Waals surface area contributed by atoms with Gasteiger partial charge in [-0.2, -0.15) is 0 Å². The van der Waals surface area contributed by atoms with Crippen LogP contribution in [0.5, 0.6) is 11.5 Å². The lowest BCUT2D eigenvalue weighted by atomic mass is 10.1. The molecule has 0 radical (unpaired) electrons. The van der Waals surface area contributed by atoms with Gasteiger partial charge >= 0.3 is 0 Å². The predicted molar refractivity (Wildman–Crippen MR) is 129 cm³/mol. The molecule has 162 valence electrons. The van der Waals surface area contributed by atoms with Crippen LogP contribution in [0.4, 0.5) is 0 Å². The van der Waals surface area contributed by atoms with Crippen LogP contribution in [-0.2, 0) is 12.8 Å². The summed E-state index contributed by atoms with van der Waals surface area (Å²) in [5.41, 5.74) is 2.75. The molecule has 1 fully saturated rings. The molecular weight excluding hydrogens is 380 g/mol. The Labute approximate surface area is 187 Å². The van der Waals surface area contributed by atoms with E-state index in [-0.39, 0.29) is 0 Å². The van der Waals surface area contributed by atoms with Gasteiger partial charge in [0.25, 0.3) is 0 Å². The molecule has 1 aliphatic rings. The van der Waals surface area contributed by atoms with Crippen LogP contribution in [0.1, 0.15) is 24.0 Å². The van der Waals surface area contributed by atoms with Crippen molar-refractivity contribution in [3.05, 3.63) is 96.1 Å². The first-order valence-electron chi connectivity index (χ1n) is 11.7. The highest BCUT2D eigenvalue weighted by Crippen LogP contribution is 2.26. The summed E-state index contributed by atoms with van der Waals surface area (Å²) in [6.07, 6.45) is 4.66. The number of rotatable bonds is 10. The molecule has 1 saturated heterocycles. The van der Waals surface area contributed by atoms with Crippen LogP contribution in [-0.4, -0.2) is 49.1 Å². The van der Waals surface area contributed by atoms with E-state index in [1.54, 1.807) is 0 Å². The monoisotopic (exact) mass is 414 g/mol. The van der Waals surface area contributed by atoms with Gasteiger partial charge < -0.3 is 14.5 Å². The van der Waals surface area contributed by atoms with Crippen molar-refractivity contribution in [2.24, 2.45) is 0 Å². The van der Waals surface area contributed by atoms with Crippen LogP contribution in [0, 0.1) is 0 Å². The van der Waals surface area contributed by atoms with Gasteiger partial charge in [-0.25, -0.2) is 0 Å². The maximum atomic E-state index is 6.12. The second-order valence-electron chi connectivity index (χ2n) is 8.40. The molecule has 3 aromatic carbocycles. The van der Waals surface area contributed by atoms with E-state index in [1.165, 1.54) is 63.1 Å². The average Bonchev–Trinajstić information content (AvgIpc) is 2.83. The summed E-state index contributed by atoms with van der Waals surface area (Å²) in [7, 11) is 0. The molecule has 3 heteroatoms. The summed E-state index contributed by atoms with van der Waals surface area (Å²) in [6.45, 7) is 7.15. The third-order valence-corrected chi connectivity index (χ3v) is 6.11. The minimum Gasteiger partial charge on any atom is -0.457 e. The third kappa shape index (κ3) is 6.95. The van der Waals surface area contributed by atoms with Crippen molar-refractivity contribution >= 4 is 0 Å². The zero-order valence-corrected chi connectivity index (χ0v) is 18.5. The molecule has 31 heavy (non-hydrogen) atoms. The third-order valence-electron chi connectivity index (χ3n) is 6.11. The number of hydrogen-bond donors (Lipinski definition) is 0. The number of ether oxygens (including phenoxy) is 1. The Balaban J connectivity index is 1.15. The highest BCUT2D eigenvalue weighted by atomic mass is 16.5. The first kappa shape index (κ1) is 21.6. The van der Waals surface area contributed by atoms with Crippen LogP contribution in [0.25, 0.3) is 0 Å². The van der Waals surface area contributed by atoms with E-state index in [0.29, 0.717) is 0 Å². The zero-order chi connectivity index (χ0) is 21.1. The predicted octanol–water partition coefficient (Wildman–Crippen LogP) is 5.66. The Morgan fingerprint density at radius 1 is 0.581 bits per heavy atom. The number of nitrogens with zero attached hydrogens (tertiary/aromatic N) is 2. The van der Waals surface area contributed by atoms with Crippen molar-refractivity contribution in [1.82, 2.24) is 9.80 Å². The minimum absolute atomic E-state index is 0.901. The number of aryl methyl sites for hydroxylation is 2. The first-order valence-corrected chi connectivity index (χ1v) is 11.7. The second kappa shape index (κ2) is 11.7. The Bertz CT molecular complexity index is 889. The number of benzene rings is 3. The SMILES string of the molecule is c1ccc(CCCN2CCN(CCCc3ccccc3Oc3ccccc3)CC2)cc1. The highest BCUT2D eigenvalue weighted by molar-refractivity contribution is 5.37. The standard InChI is InChI=1S/C28H34N2O/c1-3-11-25(12-4-1)13-9-19-29-21-23-30(24-22-29)20-10-15-26-14-7-8-18-28(26)31-27-16-5-2-6-17-27/h1-8,11-12,14,16-18H,9-10,13,15,19-24H2. The van der Waals surface area contributed by atoms with Crippen LogP contribution in [0.3, 0.4) is 0 Å². The first-order chi connectivity index (χ1) is 15.4. The topological polar surface area (TPSA) is 15.7 Å². The fourth-order valence-electron chi connectivity index (χ4n) is 4.31. The summed E-state index contributed by atoms with van der Waals surface area (Å²) in [5.74, 6) is 1.88. The van der Waals surface area contributed by atoms with Crippen molar-refractivity contribution in [2.45, 2.75) is 25.7 Å². The summed E-state index contributed by atoms with van der Waals surface area (Å²) < 4.78 is 6.12. The quantitative estimate of drug-likeness (QED) is 0.426. The Morgan fingerprint density at radius 2 is 1.13 bits per heavy atom. The van der Waals surface area contributed by atoms with Gasteiger partial charge in [0.2, 0.25) is 0 Å². The number of piperazine rings is 1. The van der Waals surface area contributed by atoms with E-state index in [0.717, 1.165) is 24.5 Å². The van der Waals surface area contributed by atoms with Crippen molar-refractivity contribution in [3.63, 3.8) is 0 Å². The second-order valence-corrected chi connectivity index (χ2v) is 8.40. The molecule has 0 bridgehead atoms. The van der Waals surface area contributed by atoms with Crippen LogP contribution in [0.2, 0.25) is 0 Å². The van der Waals surface area contributed by atoms with Gasteiger partial charge in [-0.05, 0) is 68.1 Å². The van der Waals surface area contributed by atoms with Crippen molar-refractivity contribution in [2.75, 3.05) is 39.3 Å². The minimum atomic E-state index is 0.901. The van der Waals surface area contributed by atoms with Gasteiger partial charge in [0.05, 0.1) is 0 Å². The van der Waals surface area contributed by atoms with Gasteiger partial charge in [0.1, 0.15) is 11.5 Å². The molecule has 1 aliphatic heterocycles. The lowest BCUT2D eigenvalue weighted by Crippen LogP contribution is -2.46. The van der Waals surface area contributed by atoms with Gasteiger partial charge in [-0.15, -0.1) is 0 Å². The van der Waals surface area contributed by atoms with E-state index in [1.807, 2.05) is 30.3 Å². The van der Waals surface area contributed by atoms with Crippen LogP contribution < -0.4 is 4.74 Å². The Hall–Kier alpha value is -2.62. The van der Waals surface area contributed by atoms with E-state index < -0.39 is 0 Å².